The first-order valence-corrected chi connectivity index (χ1v) is 16.7. The van der Waals surface area contributed by atoms with E-state index in [4.69, 9.17) is 14.7 Å². The minimum Gasteiger partial charge on any atom is -0.490 e. The minimum absolute atomic E-state index is 0.559. The summed E-state index contributed by atoms with van der Waals surface area (Å²) in [4.78, 5) is 9.44. The summed E-state index contributed by atoms with van der Waals surface area (Å²) in [6, 6.07) is 0. The van der Waals surface area contributed by atoms with E-state index in [0.29, 0.717) is 5.92 Å². The summed E-state index contributed by atoms with van der Waals surface area (Å²) in [6.45, 7) is 5.38. The molecule has 3 fully saturated rings. The van der Waals surface area contributed by atoms with Gasteiger partial charge in [-0.15, -0.1) is 0 Å². The van der Waals surface area contributed by atoms with Crippen molar-refractivity contribution >= 4 is 0 Å². The first kappa shape index (κ1) is 28.9. The summed E-state index contributed by atoms with van der Waals surface area (Å²) < 4.78 is 5.88. The van der Waals surface area contributed by atoms with Crippen LogP contribution >= 0.6 is 0 Å². The summed E-state index contributed by atoms with van der Waals surface area (Å²) in [5, 5.41) is 0. The van der Waals surface area contributed by atoms with Crippen LogP contribution in [0.2, 0.25) is 0 Å². The second-order valence-electron chi connectivity index (χ2n) is 13.1. The van der Waals surface area contributed by atoms with E-state index in [1.54, 1.807) is 12.8 Å². The van der Waals surface area contributed by atoms with Gasteiger partial charge in [-0.2, -0.15) is 0 Å². The van der Waals surface area contributed by atoms with Crippen molar-refractivity contribution in [3.8, 4) is 5.75 Å². The van der Waals surface area contributed by atoms with E-state index >= 15 is 0 Å². The monoisotopic (exact) mass is 510 g/mol. The molecule has 0 N–H and O–H groups in total. The van der Waals surface area contributed by atoms with Gasteiger partial charge in [-0.3, -0.25) is 0 Å². The van der Waals surface area contributed by atoms with Crippen LogP contribution in [0.25, 0.3) is 0 Å². The molecule has 3 nitrogen and oxygen atoms in total. The predicted octanol–water partition coefficient (Wildman–Crippen LogP) is 10.3. The van der Waals surface area contributed by atoms with Crippen molar-refractivity contribution in [3.05, 3.63) is 18.2 Å². The van der Waals surface area contributed by atoms with Gasteiger partial charge in [0.2, 0.25) is 0 Å². The molecular formula is C34H58N2O. The fourth-order valence-corrected chi connectivity index (χ4v) is 8.08. The van der Waals surface area contributed by atoms with Gasteiger partial charge < -0.3 is 4.74 Å². The number of hydrogen-bond acceptors (Lipinski definition) is 3. The van der Waals surface area contributed by atoms with Gasteiger partial charge in [0.25, 0.3) is 0 Å². The molecular weight excluding hydrogens is 452 g/mol. The number of rotatable bonds is 14. The fraction of sp³-hybridized carbons (Fsp3) is 0.882. The van der Waals surface area contributed by atoms with Crippen molar-refractivity contribution in [2.24, 2.45) is 29.6 Å². The highest BCUT2D eigenvalue weighted by atomic mass is 16.5. The van der Waals surface area contributed by atoms with Crippen molar-refractivity contribution in [2.45, 2.75) is 155 Å². The van der Waals surface area contributed by atoms with Crippen molar-refractivity contribution in [3.63, 3.8) is 0 Å². The second-order valence-corrected chi connectivity index (χ2v) is 13.1. The third kappa shape index (κ3) is 9.24. The molecule has 0 aromatic carbocycles. The molecule has 3 saturated carbocycles. The van der Waals surface area contributed by atoms with Gasteiger partial charge in [-0.05, 0) is 100 Å². The number of aromatic nitrogens is 2. The SMILES string of the molecule is CCCCCCCOc1cnc([C@H]2CC[C@H]([C@H]3CC[C@H]([C@H]4CC[C@H](CCCCC)CC4)CC3)CC2)nc1. The average molecular weight is 511 g/mol. The first-order valence-electron chi connectivity index (χ1n) is 16.7. The third-order valence-corrected chi connectivity index (χ3v) is 10.6. The van der Waals surface area contributed by atoms with Gasteiger partial charge in [0, 0.05) is 5.92 Å². The number of nitrogens with zero attached hydrogens (tertiary/aromatic N) is 2. The fourth-order valence-electron chi connectivity index (χ4n) is 8.08. The van der Waals surface area contributed by atoms with Crippen molar-refractivity contribution in [2.75, 3.05) is 6.61 Å². The molecule has 1 aromatic rings. The number of hydrogen-bond donors (Lipinski definition) is 0. The maximum atomic E-state index is 5.88. The van der Waals surface area contributed by atoms with Crippen LogP contribution in [0.3, 0.4) is 0 Å². The van der Waals surface area contributed by atoms with Crippen LogP contribution in [0.4, 0.5) is 0 Å². The smallest absolute Gasteiger partial charge is 0.155 e. The van der Waals surface area contributed by atoms with Crippen LogP contribution in [0.5, 0.6) is 5.75 Å². The van der Waals surface area contributed by atoms with Crippen LogP contribution in [0, 0.1) is 29.6 Å². The average Bonchev–Trinajstić information content (AvgIpc) is 2.96. The van der Waals surface area contributed by atoms with Gasteiger partial charge in [0.05, 0.1) is 19.0 Å². The topological polar surface area (TPSA) is 35.0 Å². The second kappa shape index (κ2) is 16.1. The summed E-state index contributed by atoms with van der Waals surface area (Å²) >= 11 is 0. The largest absolute Gasteiger partial charge is 0.490 e. The van der Waals surface area contributed by atoms with Crippen LogP contribution in [-0.2, 0) is 0 Å². The standard InChI is InChI=1S/C34H58N2O/c1-3-5-7-8-10-24-37-33-25-35-34(36-26-33)32-22-20-31(21-23-32)30-18-16-29(17-19-30)28-14-12-27(13-15-28)11-9-6-4-2/h25-32H,3-24H2,1-2H3/t27-,28-,29-,30-,31-,32-. The Morgan fingerprint density at radius 2 is 1.08 bits per heavy atom. The molecule has 0 unspecified atom stereocenters. The van der Waals surface area contributed by atoms with Gasteiger partial charge in [-0.25, -0.2) is 9.97 Å². The summed E-state index contributed by atoms with van der Waals surface area (Å²) in [7, 11) is 0. The van der Waals surface area contributed by atoms with E-state index in [-0.39, 0.29) is 0 Å². The van der Waals surface area contributed by atoms with Crippen LogP contribution in [0.1, 0.15) is 160 Å². The molecule has 0 atom stereocenters. The number of unbranched alkanes of at least 4 members (excludes halogenated alkanes) is 6. The molecule has 0 amide bonds. The molecule has 4 rings (SSSR count). The molecule has 1 heterocycles. The molecule has 3 aliphatic rings. The zero-order valence-corrected chi connectivity index (χ0v) is 24.5. The summed E-state index contributed by atoms with van der Waals surface area (Å²) in [5.74, 6) is 7.58. The Labute approximate surface area is 229 Å². The van der Waals surface area contributed by atoms with Gasteiger partial charge in [0.1, 0.15) is 5.82 Å². The number of ether oxygens (including phenoxy) is 1. The summed E-state index contributed by atoms with van der Waals surface area (Å²) in [5.41, 5.74) is 0. The third-order valence-electron chi connectivity index (χ3n) is 10.6. The normalized spacial score (nSPS) is 30.8. The van der Waals surface area contributed by atoms with E-state index in [2.05, 4.69) is 13.8 Å². The lowest BCUT2D eigenvalue weighted by molar-refractivity contribution is 0.108. The van der Waals surface area contributed by atoms with E-state index < -0.39 is 0 Å². The maximum Gasteiger partial charge on any atom is 0.155 e. The molecule has 3 heteroatoms. The lowest BCUT2D eigenvalue weighted by Gasteiger charge is -2.41. The molecule has 210 valence electrons. The molecule has 0 spiro atoms. The maximum absolute atomic E-state index is 5.88. The molecule has 0 bridgehead atoms. The molecule has 37 heavy (non-hydrogen) atoms. The zero-order chi connectivity index (χ0) is 25.7. The Bertz CT molecular complexity index is 710. The van der Waals surface area contributed by atoms with E-state index in [1.807, 2.05) is 12.4 Å². The molecule has 0 saturated heterocycles. The Morgan fingerprint density at radius 3 is 1.65 bits per heavy atom. The molecule has 0 radical (unpaired) electrons. The quantitative estimate of drug-likeness (QED) is 0.233. The van der Waals surface area contributed by atoms with E-state index in [1.165, 1.54) is 116 Å². The lowest BCUT2D eigenvalue weighted by Crippen LogP contribution is -2.29. The summed E-state index contributed by atoms with van der Waals surface area (Å²) in [6.07, 6.45) is 33.6. The zero-order valence-electron chi connectivity index (χ0n) is 24.5. The molecule has 1 aromatic heterocycles. The Balaban J connectivity index is 1.10. The van der Waals surface area contributed by atoms with Gasteiger partial charge in [-0.1, -0.05) is 78.1 Å². The van der Waals surface area contributed by atoms with E-state index in [9.17, 15) is 0 Å². The Morgan fingerprint density at radius 1 is 0.595 bits per heavy atom. The lowest BCUT2D eigenvalue weighted by atomic mass is 9.65. The minimum atomic E-state index is 0.559. The molecule has 0 aliphatic heterocycles. The van der Waals surface area contributed by atoms with E-state index in [0.717, 1.165) is 54.2 Å². The van der Waals surface area contributed by atoms with Crippen molar-refractivity contribution < 1.29 is 4.74 Å². The highest BCUT2D eigenvalue weighted by Crippen LogP contribution is 2.47. The van der Waals surface area contributed by atoms with Crippen LogP contribution in [-0.4, -0.2) is 16.6 Å². The highest BCUT2D eigenvalue weighted by Gasteiger charge is 2.35. The molecule has 3 aliphatic carbocycles. The van der Waals surface area contributed by atoms with Crippen LogP contribution < -0.4 is 4.74 Å². The van der Waals surface area contributed by atoms with Crippen molar-refractivity contribution in [1.82, 2.24) is 9.97 Å². The Kier molecular flexibility index (Phi) is 12.6. The van der Waals surface area contributed by atoms with Gasteiger partial charge in [0.15, 0.2) is 5.75 Å². The van der Waals surface area contributed by atoms with Crippen molar-refractivity contribution in [1.29, 1.82) is 0 Å². The Hall–Kier alpha value is -1.12. The predicted molar refractivity (Wildman–Crippen MR) is 156 cm³/mol. The first-order chi connectivity index (χ1) is 18.3. The highest BCUT2D eigenvalue weighted by molar-refractivity contribution is 5.14. The van der Waals surface area contributed by atoms with Crippen LogP contribution in [0.15, 0.2) is 12.4 Å². The van der Waals surface area contributed by atoms with Gasteiger partial charge >= 0.3 is 0 Å².